The van der Waals surface area contributed by atoms with Gasteiger partial charge in [0.25, 0.3) is 0 Å². The van der Waals surface area contributed by atoms with Crippen LogP contribution in [0.2, 0.25) is 0 Å². The average Bonchev–Trinajstić information content (AvgIpc) is 3.02. The molecule has 1 aromatic rings. The standard InChI is InChI=1S/C16H28N4S/c1-12-9-19-7-5-6-14(19)10-20(12)15-18-13(11-21-15)8-17-16(2,3)4/h11-12,14,17H,5-10H2,1-4H3. The molecule has 0 bridgehead atoms. The molecule has 2 saturated heterocycles. The average molecular weight is 308 g/mol. The summed E-state index contributed by atoms with van der Waals surface area (Å²) < 4.78 is 0. The van der Waals surface area contributed by atoms with Gasteiger partial charge in [0, 0.05) is 42.6 Å². The minimum absolute atomic E-state index is 0.145. The van der Waals surface area contributed by atoms with E-state index in [0.717, 1.165) is 19.1 Å². The molecular weight excluding hydrogens is 280 g/mol. The summed E-state index contributed by atoms with van der Waals surface area (Å²) in [5, 5.41) is 6.94. The summed E-state index contributed by atoms with van der Waals surface area (Å²) in [6, 6.07) is 1.33. The van der Waals surface area contributed by atoms with Crippen molar-refractivity contribution in [1.82, 2.24) is 15.2 Å². The van der Waals surface area contributed by atoms with E-state index < -0.39 is 0 Å². The summed E-state index contributed by atoms with van der Waals surface area (Å²) in [6.45, 7) is 13.4. The Bertz CT molecular complexity index is 479. The highest BCUT2D eigenvalue weighted by Gasteiger charge is 2.35. The van der Waals surface area contributed by atoms with Gasteiger partial charge in [0.1, 0.15) is 0 Å². The van der Waals surface area contributed by atoms with E-state index in [1.54, 1.807) is 11.3 Å². The molecule has 2 fully saturated rings. The highest BCUT2D eigenvalue weighted by molar-refractivity contribution is 7.13. The molecule has 4 nitrogen and oxygen atoms in total. The topological polar surface area (TPSA) is 31.4 Å². The maximum Gasteiger partial charge on any atom is 0.185 e. The van der Waals surface area contributed by atoms with Crippen LogP contribution in [-0.4, -0.2) is 47.1 Å². The first-order chi connectivity index (χ1) is 9.92. The molecule has 5 heteroatoms. The normalized spacial score (nSPS) is 27.1. The van der Waals surface area contributed by atoms with Gasteiger partial charge in [-0.1, -0.05) is 0 Å². The third-order valence-electron chi connectivity index (χ3n) is 4.52. The van der Waals surface area contributed by atoms with Gasteiger partial charge in [-0.2, -0.15) is 0 Å². The number of piperazine rings is 1. The molecule has 1 N–H and O–H groups in total. The Kier molecular flexibility index (Phi) is 4.26. The van der Waals surface area contributed by atoms with Crippen molar-refractivity contribution in [2.45, 2.75) is 64.7 Å². The fraction of sp³-hybridized carbons (Fsp3) is 0.812. The molecule has 0 radical (unpaired) electrons. The lowest BCUT2D eigenvalue weighted by Crippen LogP contribution is -2.55. The van der Waals surface area contributed by atoms with E-state index in [-0.39, 0.29) is 5.54 Å². The fourth-order valence-corrected chi connectivity index (χ4v) is 4.26. The highest BCUT2D eigenvalue weighted by atomic mass is 32.1. The third kappa shape index (κ3) is 3.58. The molecule has 0 amide bonds. The van der Waals surface area contributed by atoms with Crippen LogP contribution in [0.15, 0.2) is 5.38 Å². The minimum atomic E-state index is 0.145. The molecule has 21 heavy (non-hydrogen) atoms. The smallest absolute Gasteiger partial charge is 0.185 e. The zero-order valence-corrected chi connectivity index (χ0v) is 14.5. The van der Waals surface area contributed by atoms with Crippen molar-refractivity contribution >= 4 is 16.5 Å². The van der Waals surface area contributed by atoms with Gasteiger partial charge in [-0.3, -0.25) is 4.90 Å². The lowest BCUT2D eigenvalue weighted by molar-refractivity contribution is 0.203. The van der Waals surface area contributed by atoms with Crippen LogP contribution >= 0.6 is 11.3 Å². The van der Waals surface area contributed by atoms with Crippen molar-refractivity contribution in [3.63, 3.8) is 0 Å². The van der Waals surface area contributed by atoms with Crippen LogP contribution in [-0.2, 0) is 6.54 Å². The number of thiazole rings is 1. The molecule has 0 saturated carbocycles. The van der Waals surface area contributed by atoms with Crippen molar-refractivity contribution in [2.24, 2.45) is 0 Å². The highest BCUT2D eigenvalue weighted by Crippen LogP contribution is 2.30. The van der Waals surface area contributed by atoms with Gasteiger partial charge in [-0.15, -0.1) is 11.3 Å². The van der Waals surface area contributed by atoms with E-state index in [2.05, 4.69) is 48.2 Å². The Balaban J connectivity index is 1.65. The summed E-state index contributed by atoms with van der Waals surface area (Å²) in [5.74, 6) is 0. The number of rotatable bonds is 3. The molecule has 1 aromatic heterocycles. The number of hydrogen-bond donors (Lipinski definition) is 1. The van der Waals surface area contributed by atoms with Crippen molar-refractivity contribution in [3.8, 4) is 0 Å². The molecular formula is C16H28N4S. The molecule has 0 spiro atoms. The van der Waals surface area contributed by atoms with Crippen LogP contribution in [0.1, 0.15) is 46.2 Å². The molecule has 0 aromatic carbocycles. The second-order valence-electron chi connectivity index (χ2n) is 7.52. The van der Waals surface area contributed by atoms with E-state index in [0.29, 0.717) is 6.04 Å². The molecule has 2 atom stereocenters. The fourth-order valence-electron chi connectivity index (χ4n) is 3.32. The van der Waals surface area contributed by atoms with Crippen LogP contribution in [0, 0.1) is 0 Å². The molecule has 0 aliphatic carbocycles. The van der Waals surface area contributed by atoms with Gasteiger partial charge >= 0.3 is 0 Å². The van der Waals surface area contributed by atoms with Crippen LogP contribution < -0.4 is 10.2 Å². The number of fused-ring (bicyclic) bond motifs is 1. The Morgan fingerprint density at radius 2 is 2.19 bits per heavy atom. The lowest BCUT2D eigenvalue weighted by atomic mass is 10.1. The Hall–Kier alpha value is -0.650. The predicted octanol–water partition coefficient (Wildman–Crippen LogP) is 2.70. The SMILES string of the molecule is CC1CN2CCCC2CN1c1nc(CNC(C)(C)C)cs1. The van der Waals surface area contributed by atoms with Gasteiger partial charge in [-0.25, -0.2) is 4.98 Å². The second kappa shape index (κ2) is 5.86. The van der Waals surface area contributed by atoms with Gasteiger partial charge in [-0.05, 0) is 47.1 Å². The largest absolute Gasteiger partial charge is 0.343 e. The zero-order valence-electron chi connectivity index (χ0n) is 13.7. The third-order valence-corrected chi connectivity index (χ3v) is 5.45. The monoisotopic (exact) mass is 308 g/mol. The molecule has 118 valence electrons. The van der Waals surface area contributed by atoms with Crippen LogP contribution in [0.25, 0.3) is 0 Å². The molecule has 3 rings (SSSR count). The van der Waals surface area contributed by atoms with Gasteiger partial charge in [0.05, 0.1) is 5.69 Å². The van der Waals surface area contributed by atoms with Crippen LogP contribution in [0.3, 0.4) is 0 Å². The van der Waals surface area contributed by atoms with Crippen LogP contribution in [0.5, 0.6) is 0 Å². The summed E-state index contributed by atoms with van der Waals surface area (Å²) in [4.78, 5) is 10.1. The lowest BCUT2D eigenvalue weighted by Gasteiger charge is -2.42. The quantitative estimate of drug-likeness (QED) is 0.930. The minimum Gasteiger partial charge on any atom is -0.343 e. The molecule has 2 aliphatic rings. The Morgan fingerprint density at radius 1 is 1.38 bits per heavy atom. The van der Waals surface area contributed by atoms with Crippen molar-refractivity contribution < 1.29 is 0 Å². The van der Waals surface area contributed by atoms with Crippen molar-refractivity contribution in [1.29, 1.82) is 0 Å². The van der Waals surface area contributed by atoms with Crippen molar-refractivity contribution in [2.75, 3.05) is 24.5 Å². The van der Waals surface area contributed by atoms with Crippen LogP contribution in [0.4, 0.5) is 5.13 Å². The number of nitrogens with zero attached hydrogens (tertiary/aromatic N) is 3. The van der Waals surface area contributed by atoms with E-state index in [9.17, 15) is 0 Å². The Morgan fingerprint density at radius 3 is 2.95 bits per heavy atom. The molecule has 2 unspecified atom stereocenters. The van der Waals surface area contributed by atoms with E-state index in [4.69, 9.17) is 4.98 Å². The maximum atomic E-state index is 4.87. The van der Waals surface area contributed by atoms with E-state index >= 15 is 0 Å². The Labute approximate surface area is 132 Å². The van der Waals surface area contributed by atoms with Gasteiger partial charge in [0.15, 0.2) is 5.13 Å². The first-order valence-corrected chi connectivity index (χ1v) is 9.00. The summed E-state index contributed by atoms with van der Waals surface area (Å²) in [5.41, 5.74) is 1.32. The predicted molar refractivity (Wildman–Crippen MR) is 90.1 cm³/mol. The molecule has 2 aliphatic heterocycles. The van der Waals surface area contributed by atoms with Crippen molar-refractivity contribution in [3.05, 3.63) is 11.1 Å². The number of nitrogens with one attached hydrogen (secondary N) is 1. The van der Waals surface area contributed by atoms with Gasteiger partial charge in [0.2, 0.25) is 0 Å². The zero-order chi connectivity index (χ0) is 15.0. The summed E-state index contributed by atoms with van der Waals surface area (Å²) in [6.07, 6.45) is 2.72. The first kappa shape index (κ1) is 15.3. The summed E-state index contributed by atoms with van der Waals surface area (Å²) >= 11 is 1.80. The number of anilines is 1. The van der Waals surface area contributed by atoms with E-state index in [1.807, 2.05) is 0 Å². The number of aromatic nitrogens is 1. The van der Waals surface area contributed by atoms with Gasteiger partial charge < -0.3 is 10.2 Å². The molecule has 3 heterocycles. The first-order valence-electron chi connectivity index (χ1n) is 8.12. The van der Waals surface area contributed by atoms with E-state index in [1.165, 1.54) is 36.8 Å². The summed E-state index contributed by atoms with van der Waals surface area (Å²) in [7, 11) is 0. The second-order valence-corrected chi connectivity index (χ2v) is 8.35. The number of hydrogen-bond acceptors (Lipinski definition) is 5. The maximum absolute atomic E-state index is 4.87.